The van der Waals surface area contributed by atoms with E-state index in [-0.39, 0.29) is 29.9 Å². The van der Waals surface area contributed by atoms with Crippen molar-refractivity contribution < 1.29 is 28.8 Å². The third-order valence-corrected chi connectivity index (χ3v) is 8.78. The van der Waals surface area contributed by atoms with E-state index >= 15 is 0 Å². The molecule has 0 spiro atoms. The van der Waals surface area contributed by atoms with Gasteiger partial charge in [-0.25, -0.2) is 0 Å². The molecule has 3 N–H and O–H groups in total. The Bertz CT molecular complexity index is 1340. The Morgan fingerprint density at radius 1 is 1.00 bits per heavy atom. The van der Waals surface area contributed by atoms with Crippen LogP contribution >= 0.6 is 0 Å². The Morgan fingerprint density at radius 2 is 1.72 bits per heavy atom. The van der Waals surface area contributed by atoms with Crippen LogP contribution in [0.25, 0.3) is 10.9 Å². The smallest absolute Gasteiger partial charge is 0.246 e. The van der Waals surface area contributed by atoms with E-state index in [2.05, 4.69) is 16.0 Å². The molecule has 2 saturated heterocycles. The first-order chi connectivity index (χ1) is 20.6. The van der Waals surface area contributed by atoms with Crippen molar-refractivity contribution in [1.82, 2.24) is 25.6 Å². The molecule has 11 heteroatoms. The van der Waals surface area contributed by atoms with Gasteiger partial charge in [-0.1, -0.05) is 44.9 Å². The van der Waals surface area contributed by atoms with E-state index in [1.807, 2.05) is 38.1 Å². The molecule has 2 aliphatic rings. The van der Waals surface area contributed by atoms with Crippen molar-refractivity contribution in [2.75, 3.05) is 13.7 Å². The Kier molecular flexibility index (Phi) is 10.8. The maximum atomic E-state index is 14.0. The molecule has 0 radical (unpaired) electrons. The molecular formula is C32H45N5O6. The highest BCUT2D eigenvalue weighted by Gasteiger charge is 2.40. The number of hydrogen-bond donors (Lipinski definition) is 3. The third-order valence-electron chi connectivity index (χ3n) is 8.78. The van der Waals surface area contributed by atoms with Gasteiger partial charge >= 0.3 is 0 Å². The minimum Gasteiger partial charge on any atom is -0.417 e. The fourth-order valence-corrected chi connectivity index (χ4v) is 6.08. The molecule has 4 amide bonds. The second-order valence-electron chi connectivity index (χ2n) is 11.9. The number of ketones is 1. The number of para-hydroxylation sites is 1. The summed E-state index contributed by atoms with van der Waals surface area (Å²) in [5.41, 5.74) is 1.61. The SMILES string of the molecule is CCC(C)C1NC(=O)C(Cc2cn(OC)c3ccccc23)NC(=O)C(CCCCC(C)=O)NC(=O)C2CCCCN2C1=O. The molecule has 11 nitrogen and oxygen atoms in total. The van der Waals surface area contributed by atoms with Crippen LogP contribution in [0.1, 0.15) is 77.7 Å². The van der Waals surface area contributed by atoms with Gasteiger partial charge in [-0.05, 0) is 56.6 Å². The lowest BCUT2D eigenvalue weighted by Crippen LogP contribution is -2.64. The van der Waals surface area contributed by atoms with Crippen molar-refractivity contribution >= 4 is 40.3 Å². The van der Waals surface area contributed by atoms with Crippen molar-refractivity contribution in [3.63, 3.8) is 0 Å². The van der Waals surface area contributed by atoms with E-state index in [0.29, 0.717) is 45.1 Å². The molecule has 0 saturated carbocycles. The van der Waals surface area contributed by atoms with Gasteiger partial charge in [0.25, 0.3) is 0 Å². The van der Waals surface area contributed by atoms with Gasteiger partial charge in [0.2, 0.25) is 23.6 Å². The molecule has 2 aliphatic heterocycles. The van der Waals surface area contributed by atoms with Crippen LogP contribution in [0.15, 0.2) is 30.5 Å². The molecule has 2 fully saturated rings. The Hall–Kier alpha value is -3.89. The van der Waals surface area contributed by atoms with Gasteiger partial charge in [0.05, 0.1) is 5.52 Å². The molecule has 43 heavy (non-hydrogen) atoms. The molecule has 0 bridgehead atoms. The number of unbranched alkanes of at least 4 members (excludes halogenated alkanes) is 1. The minimum absolute atomic E-state index is 0.0614. The maximum absolute atomic E-state index is 14.0. The molecule has 4 rings (SSSR count). The zero-order valence-electron chi connectivity index (χ0n) is 25.7. The zero-order chi connectivity index (χ0) is 31.1. The lowest BCUT2D eigenvalue weighted by molar-refractivity contribution is -0.147. The van der Waals surface area contributed by atoms with E-state index in [9.17, 15) is 24.0 Å². The van der Waals surface area contributed by atoms with Crippen LogP contribution in [0.4, 0.5) is 0 Å². The second kappa shape index (κ2) is 14.5. The topological polar surface area (TPSA) is 139 Å². The lowest BCUT2D eigenvalue weighted by atomic mass is 9.93. The largest absolute Gasteiger partial charge is 0.417 e. The number of hydrogen-bond acceptors (Lipinski definition) is 6. The number of nitrogens with one attached hydrogen (secondary N) is 3. The van der Waals surface area contributed by atoms with Gasteiger partial charge in [-0.3, -0.25) is 19.2 Å². The molecule has 3 heterocycles. The van der Waals surface area contributed by atoms with Crippen molar-refractivity contribution in [2.45, 2.75) is 103 Å². The highest BCUT2D eigenvalue weighted by atomic mass is 16.6. The standard InChI is InChI=1S/C32H45N5O6/c1-5-20(2)28-32(42)36-17-11-10-16-27(36)31(41)33-24(14-8-6-12-21(3)38)29(39)34-25(30(40)35-28)18-22-19-37(43-4)26-15-9-7-13-23(22)26/h7,9,13,15,19-20,24-25,27-28H,5-6,8,10-12,14,16-18H2,1-4H3,(H,33,41)(H,34,39)(H,35,40). The van der Waals surface area contributed by atoms with Gasteiger partial charge in [0.15, 0.2) is 0 Å². The Labute approximate surface area is 253 Å². The molecule has 1 aromatic heterocycles. The summed E-state index contributed by atoms with van der Waals surface area (Å²) < 4.78 is 1.61. The Balaban J connectivity index is 1.70. The van der Waals surface area contributed by atoms with Crippen LogP contribution in [0.2, 0.25) is 0 Å². The molecule has 5 unspecified atom stereocenters. The fraction of sp³-hybridized carbons (Fsp3) is 0.594. The van der Waals surface area contributed by atoms with E-state index in [1.54, 1.807) is 22.9 Å². The summed E-state index contributed by atoms with van der Waals surface area (Å²) in [7, 11) is 1.55. The monoisotopic (exact) mass is 595 g/mol. The molecule has 0 aliphatic carbocycles. The third kappa shape index (κ3) is 7.55. The van der Waals surface area contributed by atoms with Crippen molar-refractivity contribution in [1.29, 1.82) is 0 Å². The molecule has 2 aromatic rings. The van der Waals surface area contributed by atoms with E-state index < -0.39 is 36.0 Å². The van der Waals surface area contributed by atoms with Crippen LogP contribution < -0.4 is 20.8 Å². The number of amides is 4. The summed E-state index contributed by atoms with van der Waals surface area (Å²) in [6, 6.07) is 4.12. The summed E-state index contributed by atoms with van der Waals surface area (Å²) in [5.74, 6) is -1.70. The van der Waals surface area contributed by atoms with Gasteiger partial charge in [-0.15, -0.1) is 0 Å². The normalized spacial score (nSPS) is 24.2. The number of benzene rings is 1. The summed E-state index contributed by atoms with van der Waals surface area (Å²) in [6.45, 7) is 5.80. The molecular weight excluding hydrogens is 550 g/mol. The van der Waals surface area contributed by atoms with Crippen LogP contribution in [-0.4, -0.2) is 76.9 Å². The van der Waals surface area contributed by atoms with Crippen LogP contribution in [0.5, 0.6) is 0 Å². The number of nitrogens with zero attached hydrogens (tertiary/aromatic N) is 2. The maximum Gasteiger partial charge on any atom is 0.246 e. The highest BCUT2D eigenvalue weighted by molar-refractivity contribution is 5.98. The van der Waals surface area contributed by atoms with E-state index in [4.69, 9.17) is 4.84 Å². The summed E-state index contributed by atoms with van der Waals surface area (Å²) >= 11 is 0. The molecule has 5 atom stereocenters. The highest BCUT2D eigenvalue weighted by Crippen LogP contribution is 2.24. The second-order valence-corrected chi connectivity index (χ2v) is 11.9. The van der Waals surface area contributed by atoms with Crippen LogP contribution in [0.3, 0.4) is 0 Å². The lowest BCUT2D eigenvalue weighted by Gasteiger charge is -2.39. The molecule has 234 valence electrons. The summed E-state index contributed by atoms with van der Waals surface area (Å²) in [6.07, 6.45) is 6.43. The number of carbonyl (C=O) groups is 5. The predicted molar refractivity (Wildman–Crippen MR) is 162 cm³/mol. The first kappa shape index (κ1) is 32.0. The van der Waals surface area contributed by atoms with Crippen molar-refractivity contribution in [3.05, 3.63) is 36.0 Å². The quantitative estimate of drug-likeness (QED) is 0.361. The van der Waals surface area contributed by atoms with Crippen LogP contribution in [-0.2, 0) is 30.4 Å². The first-order valence-corrected chi connectivity index (χ1v) is 15.5. The number of piperidine rings is 1. The average Bonchev–Trinajstić information content (AvgIpc) is 3.36. The summed E-state index contributed by atoms with van der Waals surface area (Å²) in [4.78, 5) is 73.9. The number of carbonyl (C=O) groups excluding carboxylic acids is 5. The Morgan fingerprint density at radius 3 is 2.44 bits per heavy atom. The summed E-state index contributed by atoms with van der Waals surface area (Å²) in [5, 5.41) is 9.65. The number of Topliss-reactive ketones (excluding diaryl/α,β-unsaturated/α-hetero) is 1. The predicted octanol–water partition coefficient (Wildman–Crippen LogP) is 2.29. The number of fused-ring (bicyclic) bond motifs is 2. The van der Waals surface area contributed by atoms with E-state index in [0.717, 1.165) is 29.3 Å². The van der Waals surface area contributed by atoms with Gasteiger partial charge in [0, 0.05) is 31.0 Å². The average molecular weight is 596 g/mol. The van der Waals surface area contributed by atoms with Gasteiger partial charge in [0.1, 0.15) is 37.1 Å². The first-order valence-electron chi connectivity index (χ1n) is 15.5. The number of rotatable bonds is 10. The van der Waals surface area contributed by atoms with Crippen molar-refractivity contribution in [2.24, 2.45) is 5.92 Å². The van der Waals surface area contributed by atoms with Gasteiger partial charge < -0.3 is 30.5 Å². The van der Waals surface area contributed by atoms with Crippen molar-refractivity contribution in [3.8, 4) is 0 Å². The minimum atomic E-state index is -1.02. The fourth-order valence-electron chi connectivity index (χ4n) is 6.08. The van der Waals surface area contributed by atoms with Crippen LogP contribution in [0, 0.1) is 5.92 Å². The van der Waals surface area contributed by atoms with E-state index in [1.165, 1.54) is 6.92 Å². The molecule has 1 aromatic carbocycles. The number of aromatic nitrogens is 1. The zero-order valence-corrected chi connectivity index (χ0v) is 25.7. The van der Waals surface area contributed by atoms with Gasteiger partial charge in [-0.2, -0.15) is 4.73 Å².